The van der Waals surface area contributed by atoms with Crippen LogP contribution in [0.25, 0.3) is 0 Å². The van der Waals surface area contributed by atoms with Gasteiger partial charge in [-0.3, -0.25) is 9.59 Å². The Morgan fingerprint density at radius 3 is 2.37 bits per heavy atom. The summed E-state index contributed by atoms with van der Waals surface area (Å²) in [6.45, 7) is 6.48. The molecule has 148 valence electrons. The smallest absolute Gasteiger partial charge is 0.312 e. The third-order valence-electron chi connectivity index (χ3n) is 5.74. The zero-order valence-electron chi connectivity index (χ0n) is 16.1. The molecule has 0 aliphatic carbocycles. The van der Waals surface area contributed by atoms with Gasteiger partial charge in [0.05, 0.1) is 11.5 Å². The highest BCUT2D eigenvalue weighted by molar-refractivity contribution is 7.91. The molecule has 1 aromatic rings. The van der Waals surface area contributed by atoms with Gasteiger partial charge in [-0.25, -0.2) is 8.42 Å². The van der Waals surface area contributed by atoms with Crippen molar-refractivity contribution in [2.75, 3.05) is 49.6 Å². The van der Waals surface area contributed by atoms with Gasteiger partial charge >= 0.3 is 11.8 Å². The fourth-order valence-electron chi connectivity index (χ4n) is 3.76. The van der Waals surface area contributed by atoms with Crippen molar-refractivity contribution >= 4 is 27.3 Å². The summed E-state index contributed by atoms with van der Waals surface area (Å²) in [6.07, 6.45) is 0.401. The van der Waals surface area contributed by atoms with Gasteiger partial charge in [0.2, 0.25) is 0 Å². The predicted octanol–water partition coefficient (Wildman–Crippen LogP) is 0.598. The van der Waals surface area contributed by atoms with Crippen molar-refractivity contribution in [2.45, 2.75) is 26.3 Å². The number of hydrogen-bond acceptors (Lipinski definition) is 5. The van der Waals surface area contributed by atoms with Gasteiger partial charge in [-0.2, -0.15) is 0 Å². The molecule has 1 aromatic carbocycles. The number of carbonyl (C=O) groups is 2. The van der Waals surface area contributed by atoms with Crippen LogP contribution in [-0.4, -0.2) is 80.8 Å². The van der Waals surface area contributed by atoms with Gasteiger partial charge < -0.3 is 14.7 Å². The van der Waals surface area contributed by atoms with E-state index in [1.54, 1.807) is 4.90 Å². The molecular formula is C19H27N3O4S. The molecule has 7 nitrogen and oxygen atoms in total. The lowest BCUT2D eigenvalue weighted by atomic mass is 10.1. The molecule has 0 radical (unpaired) electrons. The van der Waals surface area contributed by atoms with E-state index < -0.39 is 27.7 Å². The minimum atomic E-state index is -3.10. The highest BCUT2D eigenvalue weighted by Gasteiger charge is 2.36. The van der Waals surface area contributed by atoms with E-state index in [-0.39, 0.29) is 11.5 Å². The number of likely N-dealkylation sites (N-methyl/N-ethyl adjacent to an activating group) is 1. The molecule has 0 saturated carbocycles. The summed E-state index contributed by atoms with van der Waals surface area (Å²) in [7, 11) is -1.57. The Morgan fingerprint density at radius 2 is 1.78 bits per heavy atom. The van der Waals surface area contributed by atoms with Gasteiger partial charge in [0.15, 0.2) is 9.84 Å². The van der Waals surface area contributed by atoms with Crippen LogP contribution >= 0.6 is 0 Å². The zero-order valence-corrected chi connectivity index (χ0v) is 17.0. The number of benzene rings is 1. The number of hydrogen-bond donors (Lipinski definition) is 0. The van der Waals surface area contributed by atoms with E-state index in [4.69, 9.17) is 0 Å². The van der Waals surface area contributed by atoms with E-state index in [0.717, 1.165) is 0 Å². The van der Waals surface area contributed by atoms with E-state index >= 15 is 0 Å². The maximum absolute atomic E-state index is 12.6. The Kier molecular flexibility index (Phi) is 5.46. The first-order chi connectivity index (χ1) is 12.7. The fraction of sp³-hybridized carbons (Fsp3) is 0.579. The maximum atomic E-state index is 12.6. The first kappa shape index (κ1) is 19.7. The SMILES string of the molecule is Cc1cccc(N2CCN(C(=O)C(=O)N(C)C3CCS(=O)(=O)C3)CC2)c1C. The molecule has 3 rings (SSSR count). The lowest BCUT2D eigenvalue weighted by Gasteiger charge is -2.37. The molecule has 2 aliphatic heterocycles. The first-order valence-electron chi connectivity index (χ1n) is 9.27. The van der Waals surface area contributed by atoms with Gasteiger partial charge in [0, 0.05) is 45.0 Å². The molecule has 1 unspecified atom stereocenters. The molecule has 2 fully saturated rings. The lowest BCUT2D eigenvalue weighted by Crippen LogP contribution is -2.54. The van der Waals surface area contributed by atoms with Crippen LogP contribution in [0.5, 0.6) is 0 Å². The van der Waals surface area contributed by atoms with Crippen LogP contribution in [0.2, 0.25) is 0 Å². The van der Waals surface area contributed by atoms with E-state index in [1.165, 1.54) is 28.8 Å². The van der Waals surface area contributed by atoms with Gasteiger partial charge in [0.25, 0.3) is 0 Å². The Bertz CT molecular complexity index is 845. The molecular weight excluding hydrogens is 366 g/mol. The average molecular weight is 394 g/mol. The minimum absolute atomic E-state index is 0.0526. The highest BCUT2D eigenvalue weighted by Crippen LogP contribution is 2.24. The third kappa shape index (κ3) is 4.10. The number of sulfone groups is 1. The number of aryl methyl sites for hydroxylation is 1. The van der Waals surface area contributed by atoms with Crippen LogP contribution in [0.4, 0.5) is 5.69 Å². The molecule has 0 bridgehead atoms. The molecule has 2 aliphatic rings. The number of nitrogens with zero attached hydrogens (tertiary/aromatic N) is 3. The molecule has 0 aromatic heterocycles. The second-order valence-electron chi connectivity index (χ2n) is 7.47. The Balaban J connectivity index is 1.59. The normalized spacial score (nSPS) is 22.0. The topological polar surface area (TPSA) is 78.0 Å². The van der Waals surface area contributed by atoms with Crippen molar-refractivity contribution in [2.24, 2.45) is 0 Å². The minimum Gasteiger partial charge on any atom is -0.368 e. The first-order valence-corrected chi connectivity index (χ1v) is 11.1. The maximum Gasteiger partial charge on any atom is 0.312 e. The van der Waals surface area contributed by atoms with Crippen LogP contribution in [0.3, 0.4) is 0 Å². The summed E-state index contributed by atoms with van der Waals surface area (Å²) in [5.41, 5.74) is 3.63. The molecule has 8 heteroatoms. The number of rotatable bonds is 2. The van der Waals surface area contributed by atoms with Gasteiger partial charge in [-0.1, -0.05) is 12.1 Å². The summed E-state index contributed by atoms with van der Waals surface area (Å²) in [4.78, 5) is 30.2. The summed E-state index contributed by atoms with van der Waals surface area (Å²) in [6, 6.07) is 5.79. The van der Waals surface area contributed by atoms with Crippen molar-refractivity contribution in [3.8, 4) is 0 Å². The van der Waals surface area contributed by atoms with Crippen molar-refractivity contribution in [1.29, 1.82) is 0 Å². The van der Waals surface area contributed by atoms with Crippen molar-refractivity contribution in [1.82, 2.24) is 9.80 Å². The second-order valence-corrected chi connectivity index (χ2v) is 9.70. The Hall–Kier alpha value is -2.09. The number of anilines is 1. The Morgan fingerprint density at radius 1 is 1.11 bits per heavy atom. The van der Waals surface area contributed by atoms with Gasteiger partial charge in [-0.05, 0) is 37.5 Å². The standard InChI is InChI=1S/C19H27N3O4S/c1-14-5-4-6-17(15(14)2)21-8-10-22(11-9-21)19(24)18(23)20(3)16-7-12-27(25,26)13-16/h4-6,16H,7-13H2,1-3H3. The predicted molar refractivity (Wildman–Crippen MR) is 105 cm³/mol. The molecule has 2 amide bonds. The summed E-state index contributed by atoms with van der Waals surface area (Å²) < 4.78 is 23.2. The zero-order chi connectivity index (χ0) is 19.8. The van der Waals surface area contributed by atoms with Gasteiger partial charge in [0.1, 0.15) is 0 Å². The fourth-order valence-corrected chi connectivity index (χ4v) is 5.54. The monoisotopic (exact) mass is 393 g/mol. The van der Waals surface area contributed by atoms with Crippen LogP contribution in [-0.2, 0) is 19.4 Å². The second kappa shape index (κ2) is 7.50. The van der Waals surface area contributed by atoms with Crippen molar-refractivity contribution in [3.05, 3.63) is 29.3 Å². The van der Waals surface area contributed by atoms with Crippen LogP contribution in [0, 0.1) is 13.8 Å². The van der Waals surface area contributed by atoms with Crippen molar-refractivity contribution < 1.29 is 18.0 Å². The average Bonchev–Trinajstić information content (AvgIpc) is 3.02. The van der Waals surface area contributed by atoms with E-state index in [0.29, 0.717) is 32.6 Å². The van der Waals surface area contributed by atoms with Crippen LogP contribution < -0.4 is 4.90 Å². The molecule has 1 atom stereocenters. The lowest BCUT2D eigenvalue weighted by molar-refractivity contribution is -0.152. The molecule has 27 heavy (non-hydrogen) atoms. The van der Waals surface area contributed by atoms with E-state index in [9.17, 15) is 18.0 Å². The van der Waals surface area contributed by atoms with Gasteiger partial charge in [-0.15, -0.1) is 0 Å². The van der Waals surface area contributed by atoms with E-state index in [1.807, 2.05) is 6.07 Å². The number of amides is 2. The van der Waals surface area contributed by atoms with Crippen LogP contribution in [0.15, 0.2) is 18.2 Å². The summed E-state index contributed by atoms with van der Waals surface area (Å²) >= 11 is 0. The third-order valence-corrected chi connectivity index (χ3v) is 7.49. The molecule has 0 N–H and O–H groups in total. The van der Waals surface area contributed by atoms with Crippen LogP contribution in [0.1, 0.15) is 17.5 Å². The van der Waals surface area contributed by atoms with Crippen molar-refractivity contribution in [3.63, 3.8) is 0 Å². The highest BCUT2D eigenvalue weighted by atomic mass is 32.2. The van der Waals surface area contributed by atoms with E-state index in [2.05, 4.69) is 30.9 Å². The number of carbonyl (C=O) groups excluding carboxylic acids is 2. The quantitative estimate of drug-likeness (QED) is 0.688. The largest absolute Gasteiger partial charge is 0.368 e. The molecule has 2 saturated heterocycles. The Labute approximate surface area is 160 Å². The number of piperazine rings is 1. The summed E-state index contributed by atoms with van der Waals surface area (Å²) in [5, 5.41) is 0. The summed E-state index contributed by atoms with van der Waals surface area (Å²) in [5.74, 6) is -1.12. The molecule has 0 spiro atoms. The molecule has 2 heterocycles.